The van der Waals surface area contributed by atoms with Gasteiger partial charge in [-0.1, -0.05) is 0 Å². The van der Waals surface area contributed by atoms with Gasteiger partial charge in [0.25, 0.3) is 0 Å². The van der Waals surface area contributed by atoms with Gasteiger partial charge in [0.1, 0.15) is 0 Å². The summed E-state index contributed by atoms with van der Waals surface area (Å²) in [5, 5.41) is 3.36. The van der Waals surface area contributed by atoms with E-state index in [2.05, 4.69) is 15.3 Å². The van der Waals surface area contributed by atoms with Crippen molar-refractivity contribution in [3.8, 4) is 0 Å². The van der Waals surface area contributed by atoms with Crippen molar-refractivity contribution < 1.29 is 0 Å². The molecule has 4 nitrogen and oxygen atoms in total. The fraction of sp³-hybridized carbons (Fsp3) is 0.667. The number of hydrogen-bond donors (Lipinski definition) is 2. The Morgan fingerprint density at radius 3 is 3.12 bits per heavy atom. The Hall–Kier alpha value is -1.16. The summed E-state index contributed by atoms with van der Waals surface area (Å²) in [6, 6.07) is 0. The molecule has 1 atom stereocenters. The quantitative estimate of drug-likeness (QED) is 0.757. The molecule has 0 aromatic carbocycles. The van der Waals surface area contributed by atoms with Gasteiger partial charge >= 0.3 is 5.69 Å². The lowest BCUT2D eigenvalue weighted by atomic mass is 9.99. The van der Waals surface area contributed by atoms with Crippen molar-refractivity contribution in [1.29, 1.82) is 0 Å². The molecule has 2 aliphatic rings. The molecule has 2 N–H and O–H groups in total. The highest BCUT2D eigenvalue weighted by molar-refractivity contribution is 5.29. The number of H-pyrrole nitrogens is 1. The average molecular weight is 219 g/mol. The van der Waals surface area contributed by atoms with Crippen LogP contribution < -0.4 is 11.0 Å². The van der Waals surface area contributed by atoms with Crippen molar-refractivity contribution >= 4 is 0 Å². The molecule has 3 rings (SSSR count). The van der Waals surface area contributed by atoms with Gasteiger partial charge in [-0.15, -0.1) is 0 Å². The van der Waals surface area contributed by atoms with Crippen LogP contribution in [-0.4, -0.2) is 23.1 Å². The maximum Gasteiger partial charge on any atom is 0.345 e. The van der Waals surface area contributed by atoms with Gasteiger partial charge in [-0.25, -0.2) is 4.79 Å². The third kappa shape index (κ3) is 1.78. The van der Waals surface area contributed by atoms with Gasteiger partial charge in [0.2, 0.25) is 0 Å². The van der Waals surface area contributed by atoms with Gasteiger partial charge in [0, 0.05) is 5.69 Å². The Morgan fingerprint density at radius 2 is 2.31 bits per heavy atom. The summed E-state index contributed by atoms with van der Waals surface area (Å²) in [5.41, 5.74) is 3.36. The van der Waals surface area contributed by atoms with Crippen LogP contribution in [-0.2, 0) is 19.3 Å². The van der Waals surface area contributed by atoms with Crippen molar-refractivity contribution in [2.75, 3.05) is 13.1 Å². The van der Waals surface area contributed by atoms with Crippen molar-refractivity contribution in [2.45, 2.75) is 32.1 Å². The van der Waals surface area contributed by atoms with E-state index in [0.717, 1.165) is 50.2 Å². The molecule has 1 saturated heterocycles. The first-order valence-corrected chi connectivity index (χ1v) is 6.14. The van der Waals surface area contributed by atoms with Gasteiger partial charge < -0.3 is 10.3 Å². The van der Waals surface area contributed by atoms with Crippen LogP contribution >= 0.6 is 0 Å². The Morgan fingerprint density at radius 1 is 1.38 bits per heavy atom. The normalized spacial score (nSPS) is 23.6. The number of nitrogens with zero attached hydrogens (tertiary/aromatic N) is 1. The van der Waals surface area contributed by atoms with Crippen LogP contribution in [0.5, 0.6) is 0 Å². The molecule has 2 heterocycles. The smallest absolute Gasteiger partial charge is 0.316 e. The third-order valence-electron chi connectivity index (χ3n) is 3.70. The van der Waals surface area contributed by atoms with E-state index in [4.69, 9.17) is 0 Å². The molecule has 0 bridgehead atoms. The van der Waals surface area contributed by atoms with Crippen LogP contribution in [0.2, 0.25) is 0 Å². The van der Waals surface area contributed by atoms with Crippen LogP contribution in [0.15, 0.2) is 4.79 Å². The minimum absolute atomic E-state index is 0.165. The first-order chi connectivity index (χ1) is 7.83. The van der Waals surface area contributed by atoms with Crippen LogP contribution in [0, 0.1) is 5.92 Å². The minimum atomic E-state index is -0.165. The van der Waals surface area contributed by atoms with Crippen molar-refractivity contribution in [3.63, 3.8) is 0 Å². The lowest BCUT2D eigenvalue weighted by Gasteiger charge is -2.10. The zero-order chi connectivity index (χ0) is 11.0. The second-order valence-corrected chi connectivity index (χ2v) is 4.86. The van der Waals surface area contributed by atoms with E-state index in [-0.39, 0.29) is 5.69 Å². The zero-order valence-electron chi connectivity index (χ0n) is 9.38. The number of aromatic nitrogens is 2. The molecule has 0 spiro atoms. The summed E-state index contributed by atoms with van der Waals surface area (Å²) in [5.74, 6) is 0.666. The van der Waals surface area contributed by atoms with Crippen molar-refractivity contribution in [1.82, 2.24) is 15.3 Å². The zero-order valence-corrected chi connectivity index (χ0v) is 9.38. The van der Waals surface area contributed by atoms with E-state index < -0.39 is 0 Å². The summed E-state index contributed by atoms with van der Waals surface area (Å²) in [6.07, 6.45) is 5.45. The molecule has 0 amide bonds. The van der Waals surface area contributed by atoms with Crippen LogP contribution in [0.3, 0.4) is 0 Å². The van der Waals surface area contributed by atoms with Gasteiger partial charge in [0.15, 0.2) is 0 Å². The molecule has 86 valence electrons. The predicted octanol–water partition coefficient (Wildman–Crippen LogP) is 0.411. The summed E-state index contributed by atoms with van der Waals surface area (Å²) in [4.78, 5) is 18.5. The maximum atomic E-state index is 11.4. The van der Waals surface area contributed by atoms with E-state index in [1.807, 2.05) is 0 Å². The number of aromatic amines is 1. The topological polar surface area (TPSA) is 57.8 Å². The van der Waals surface area contributed by atoms with E-state index >= 15 is 0 Å². The molecular weight excluding hydrogens is 202 g/mol. The van der Waals surface area contributed by atoms with Gasteiger partial charge in [-0.3, -0.25) is 0 Å². The molecular formula is C12H17N3O. The van der Waals surface area contributed by atoms with E-state index in [1.54, 1.807) is 0 Å². The lowest BCUT2D eigenvalue weighted by Crippen LogP contribution is -2.19. The summed E-state index contributed by atoms with van der Waals surface area (Å²) in [6.45, 7) is 2.18. The Labute approximate surface area is 94.5 Å². The Balaban J connectivity index is 1.90. The monoisotopic (exact) mass is 219 g/mol. The highest BCUT2D eigenvalue weighted by atomic mass is 16.1. The SMILES string of the molecule is O=c1nc(CC2CCNC2)c2c([nH]1)CCC2. The van der Waals surface area contributed by atoms with Crippen LogP contribution in [0.25, 0.3) is 0 Å². The number of fused-ring (bicyclic) bond motifs is 1. The minimum Gasteiger partial charge on any atom is -0.316 e. The second-order valence-electron chi connectivity index (χ2n) is 4.86. The molecule has 1 aliphatic carbocycles. The third-order valence-corrected chi connectivity index (χ3v) is 3.70. The number of rotatable bonds is 2. The van der Waals surface area contributed by atoms with E-state index in [1.165, 1.54) is 12.0 Å². The van der Waals surface area contributed by atoms with Crippen molar-refractivity contribution in [3.05, 3.63) is 27.4 Å². The van der Waals surface area contributed by atoms with Crippen LogP contribution in [0.4, 0.5) is 0 Å². The molecule has 0 radical (unpaired) electrons. The fourth-order valence-corrected chi connectivity index (χ4v) is 2.88. The Bertz CT molecular complexity index is 446. The maximum absolute atomic E-state index is 11.4. The van der Waals surface area contributed by atoms with E-state index in [9.17, 15) is 4.79 Å². The number of aryl methyl sites for hydroxylation is 1. The average Bonchev–Trinajstić information content (AvgIpc) is 2.87. The van der Waals surface area contributed by atoms with E-state index in [0.29, 0.717) is 5.92 Å². The molecule has 1 fully saturated rings. The highest BCUT2D eigenvalue weighted by Gasteiger charge is 2.21. The molecule has 16 heavy (non-hydrogen) atoms. The summed E-state index contributed by atoms with van der Waals surface area (Å²) in [7, 11) is 0. The van der Waals surface area contributed by atoms with Gasteiger partial charge in [-0.2, -0.15) is 4.98 Å². The molecule has 1 aliphatic heterocycles. The van der Waals surface area contributed by atoms with Gasteiger partial charge in [0.05, 0.1) is 5.69 Å². The first-order valence-electron chi connectivity index (χ1n) is 6.14. The number of hydrogen-bond acceptors (Lipinski definition) is 3. The highest BCUT2D eigenvalue weighted by Crippen LogP contribution is 2.24. The predicted molar refractivity (Wildman–Crippen MR) is 61.6 cm³/mol. The van der Waals surface area contributed by atoms with Crippen LogP contribution in [0.1, 0.15) is 29.8 Å². The number of nitrogens with one attached hydrogen (secondary N) is 2. The second kappa shape index (κ2) is 4.01. The standard InChI is InChI=1S/C12H17N3O/c16-12-14-10-3-1-2-9(10)11(15-12)6-8-4-5-13-7-8/h8,13H,1-7H2,(H,14,15,16). The molecule has 4 heteroatoms. The molecule has 1 aromatic rings. The molecule has 1 unspecified atom stereocenters. The Kier molecular flexibility index (Phi) is 2.52. The molecule has 0 saturated carbocycles. The summed E-state index contributed by atoms with van der Waals surface area (Å²) < 4.78 is 0. The summed E-state index contributed by atoms with van der Waals surface area (Å²) >= 11 is 0. The largest absolute Gasteiger partial charge is 0.345 e. The first kappa shape index (κ1) is 10.0. The van der Waals surface area contributed by atoms with Crippen molar-refractivity contribution in [2.24, 2.45) is 5.92 Å². The molecule has 1 aromatic heterocycles. The fourth-order valence-electron chi connectivity index (χ4n) is 2.88. The van der Waals surface area contributed by atoms with Gasteiger partial charge in [-0.05, 0) is 56.7 Å². The lowest BCUT2D eigenvalue weighted by molar-refractivity contribution is 0.566.